The van der Waals surface area contributed by atoms with Crippen LogP contribution in [0.25, 0.3) is 0 Å². The van der Waals surface area contributed by atoms with Crippen LogP contribution < -0.4 is 5.73 Å². The number of benzene rings is 1. The van der Waals surface area contributed by atoms with Crippen molar-refractivity contribution in [3.05, 3.63) is 34.9 Å². The molecular weight excluding hydrogens is 350 g/mol. The number of hydrogen-bond acceptors (Lipinski definition) is 4. The molecule has 5 heteroatoms. The maximum absolute atomic E-state index is 13.6. The van der Waals surface area contributed by atoms with Gasteiger partial charge in [-0.1, -0.05) is 31.0 Å². The Morgan fingerprint density at radius 3 is 2.61 bits per heavy atom. The highest BCUT2D eigenvalue weighted by atomic mass is 16.5. The Hall–Kier alpha value is -1.88. The number of amides is 1. The van der Waals surface area contributed by atoms with Gasteiger partial charge in [0.1, 0.15) is 0 Å². The van der Waals surface area contributed by atoms with Crippen molar-refractivity contribution in [3.63, 3.8) is 0 Å². The molecule has 28 heavy (non-hydrogen) atoms. The molecule has 2 saturated carbocycles. The van der Waals surface area contributed by atoms with Gasteiger partial charge in [0.05, 0.1) is 6.10 Å². The molecule has 0 saturated heterocycles. The average Bonchev–Trinajstić information content (AvgIpc) is 3.47. The normalized spacial score (nSPS) is 34.4. The Morgan fingerprint density at radius 2 is 2.00 bits per heavy atom. The number of nitrogens with zero attached hydrogens (tertiary/aromatic N) is 2. The van der Waals surface area contributed by atoms with Crippen LogP contribution in [0.15, 0.2) is 23.2 Å². The minimum absolute atomic E-state index is 0.0546. The number of likely N-dealkylation sites (N-methyl/N-ethyl adjacent to an activating group) is 1. The van der Waals surface area contributed by atoms with Crippen LogP contribution in [0.2, 0.25) is 0 Å². The quantitative estimate of drug-likeness (QED) is 0.871. The second-order valence-corrected chi connectivity index (χ2v) is 9.41. The van der Waals surface area contributed by atoms with Crippen molar-refractivity contribution in [1.29, 1.82) is 0 Å². The molecule has 2 fully saturated rings. The molecule has 1 aliphatic heterocycles. The van der Waals surface area contributed by atoms with Crippen molar-refractivity contribution in [1.82, 2.24) is 4.90 Å². The maximum Gasteiger partial charge on any atom is 0.262 e. The van der Waals surface area contributed by atoms with E-state index in [0.717, 1.165) is 50.0 Å². The summed E-state index contributed by atoms with van der Waals surface area (Å²) < 4.78 is 5.61. The van der Waals surface area contributed by atoms with Crippen LogP contribution in [0.1, 0.15) is 61.6 Å². The highest BCUT2D eigenvalue weighted by molar-refractivity contribution is 6.08. The summed E-state index contributed by atoms with van der Waals surface area (Å²) in [7, 11) is 3.55. The van der Waals surface area contributed by atoms with E-state index in [1.807, 2.05) is 0 Å². The number of carbonyl (C=O) groups is 1. The first-order valence-corrected chi connectivity index (χ1v) is 10.8. The second-order valence-electron chi connectivity index (χ2n) is 9.41. The Balaban J connectivity index is 1.57. The molecule has 0 aromatic heterocycles. The molecule has 1 heterocycles. The fourth-order valence-corrected chi connectivity index (χ4v) is 5.91. The van der Waals surface area contributed by atoms with Crippen LogP contribution in [0.5, 0.6) is 0 Å². The third kappa shape index (κ3) is 2.48. The molecule has 0 bridgehead atoms. The molecule has 1 atom stereocenters. The van der Waals surface area contributed by atoms with Gasteiger partial charge in [-0.2, -0.15) is 0 Å². The van der Waals surface area contributed by atoms with Crippen molar-refractivity contribution in [3.8, 4) is 0 Å². The topological polar surface area (TPSA) is 67.9 Å². The van der Waals surface area contributed by atoms with Gasteiger partial charge in [0.2, 0.25) is 0 Å². The van der Waals surface area contributed by atoms with E-state index in [9.17, 15) is 4.79 Å². The summed E-state index contributed by atoms with van der Waals surface area (Å²) in [5.74, 6) is 1.32. The van der Waals surface area contributed by atoms with Gasteiger partial charge in [-0.15, -0.1) is 0 Å². The third-order valence-electron chi connectivity index (χ3n) is 7.86. The van der Waals surface area contributed by atoms with Gasteiger partial charge in [-0.05, 0) is 67.6 Å². The van der Waals surface area contributed by atoms with Gasteiger partial charge < -0.3 is 10.5 Å². The standard InChI is InChI=1S/C23H31N3O2/c1-26-20(27)23(25-21(26)24)19-13-16(6-5-15-3-4-15)7-8-17(19)14-22(23)11-9-18(28-2)10-12-22/h7-8,13,15,18H,3-6,9-12,14H2,1-2H3,(H2,24,25). The average molecular weight is 382 g/mol. The van der Waals surface area contributed by atoms with Crippen LogP contribution in [-0.4, -0.2) is 37.0 Å². The fourth-order valence-electron chi connectivity index (χ4n) is 5.91. The van der Waals surface area contributed by atoms with Crippen LogP contribution in [-0.2, 0) is 27.9 Å². The van der Waals surface area contributed by atoms with Crippen molar-refractivity contribution in [2.75, 3.05) is 14.2 Å². The van der Waals surface area contributed by atoms with Crippen LogP contribution in [0.4, 0.5) is 0 Å². The first-order chi connectivity index (χ1) is 13.5. The second kappa shape index (κ2) is 6.31. The molecule has 1 aromatic carbocycles. The largest absolute Gasteiger partial charge is 0.381 e. The summed E-state index contributed by atoms with van der Waals surface area (Å²) in [6, 6.07) is 6.81. The van der Waals surface area contributed by atoms with E-state index in [1.54, 1.807) is 19.1 Å². The van der Waals surface area contributed by atoms with Crippen LogP contribution in [0.3, 0.4) is 0 Å². The molecule has 150 valence electrons. The fraction of sp³-hybridized carbons (Fsp3) is 0.652. The lowest BCUT2D eigenvalue weighted by Gasteiger charge is -2.45. The zero-order valence-corrected chi connectivity index (χ0v) is 17.0. The number of nitrogens with two attached hydrogens (primary N) is 1. The lowest BCUT2D eigenvalue weighted by molar-refractivity contribution is -0.137. The SMILES string of the molecule is COC1CCC2(CC1)Cc1ccc(CCC3CC3)cc1C21N=C(N)N(C)C1=O. The zero-order valence-electron chi connectivity index (χ0n) is 17.0. The minimum atomic E-state index is -0.838. The molecule has 0 radical (unpaired) electrons. The van der Waals surface area contributed by atoms with Gasteiger partial charge in [-0.25, -0.2) is 4.99 Å². The molecule has 1 aromatic rings. The van der Waals surface area contributed by atoms with Crippen molar-refractivity contribution >= 4 is 11.9 Å². The van der Waals surface area contributed by atoms with E-state index in [0.29, 0.717) is 5.96 Å². The molecule has 2 N–H and O–H groups in total. The number of aliphatic imine (C=N–C) groups is 1. The Bertz CT molecular complexity index is 836. The highest BCUT2D eigenvalue weighted by Gasteiger charge is 2.66. The number of ether oxygens (including phenoxy) is 1. The van der Waals surface area contributed by atoms with E-state index >= 15 is 0 Å². The Kier molecular flexibility index (Phi) is 4.10. The number of fused-ring (bicyclic) bond motifs is 3. The number of aryl methyl sites for hydroxylation is 1. The van der Waals surface area contributed by atoms with E-state index in [1.165, 1.54) is 30.4 Å². The summed E-state index contributed by atoms with van der Waals surface area (Å²) in [6.45, 7) is 0. The van der Waals surface area contributed by atoms with Crippen molar-refractivity contribution in [2.45, 2.75) is 69.4 Å². The van der Waals surface area contributed by atoms with Crippen molar-refractivity contribution in [2.24, 2.45) is 22.1 Å². The summed E-state index contributed by atoms with van der Waals surface area (Å²) in [4.78, 5) is 20.1. The van der Waals surface area contributed by atoms with Gasteiger partial charge >= 0.3 is 0 Å². The lowest BCUT2D eigenvalue weighted by Crippen LogP contribution is -2.51. The van der Waals surface area contributed by atoms with Gasteiger partial charge in [-0.3, -0.25) is 9.69 Å². The number of guanidine groups is 1. The van der Waals surface area contributed by atoms with E-state index in [4.69, 9.17) is 15.5 Å². The molecule has 5 nitrogen and oxygen atoms in total. The smallest absolute Gasteiger partial charge is 0.262 e. The highest BCUT2D eigenvalue weighted by Crippen LogP contribution is 2.61. The van der Waals surface area contributed by atoms with E-state index in [2.05, 4.69) is 18.2 Å². The van der Waals surface area contributed by atoms with Crippen LogP contribution >= 0.6 is 0 Å². The summed E-state index contributed by atoms with van der Waals surface area (Å²) in [5, 5.41) is 0. The number of carbonyl (C=O) groups excluding carboxylic acids is 1. The van der Waals surface area contributed by atoms with Crippen LogP contribution in [0, 0.1) is 11.3 Å². The molecule has 1 amide bonds. The Morgan fingerprint density at radius 1 is 1.25 bits per heavy atom. The monoisotopic (exact) mass is 381 g/mol. The first-order valence-electron chi connectivity index (χ1n) is 10.8. The predicted octanol–water partition coefficient (Wildman–Crippen LogP) is 3.14. The lowest BCUT2D eigenvalue weighted by atomic mass is 9.61. The Labute approximate surface area is 167 Å². The van der Waals surface area contributed by atoms with Crippen molar-refractivity contribution < 1.29 is 9.53 Å². The minimum Gasteiger partial charge on any atom is -0.381 e. The van der Waals surface area contributed by atoms with E-state index in [-0.39, 0.29) is 17.4 Å². The zero-order chi connectivity index (χ0) is 19.5. The van der Waals surface area contributed by atoms with Gasteiger partial charge in [0.15, 0.2) is 11.5 Å². The molecular formula is C23H31N3O2. The molecule has 5 rings (SSSR count). The summed E-state index contributed by atoms with van der Waals surface area (Å²) in [5.41, 5.74) is 8.93. The summed E-state index contributed by atoms with van der Waals surface area (Å²) in [6.07, 6.45) is 10.2. The molecule has 3 aliphatic carbocycles. The van der Waals surface area contributed by atoms with Gasteiger partial charge in [0.25, 0.3) is 5.91 Å². The number of hydrogen-bond donors (Lipinski definition) is 1. The molecule has 2 spiro atoms. The summed E-state index contributed by atoms with van der Waals surface area (Å²) >= 11 is 0. The number of methoxy groups -OCH3 is 1. The molecule has 1 unspecified atom stereocenters. The first kappa shape index (κ1) is 18.2. The number of rotatable bonds is 4. The third-order valence-corrected chi connectivity index (χ3v) is 7.86. The van der Waals surface area contributed by atoms with E-state index < -0.39 is 5.54 Å². The van der Waals surface area contributed by atoms with Gasteiger partial charge in [0, 0.05) is 19.6 Å². The maximum atomic E-state index is 13.6. The predicted molar refractivity (Wildman–Crippen MR) is 109 cm³/mol. The molecule has 4 aliphatic rings.